The first-order chi connectivity index (χ1) is 9.70. The first-order valence-corrected chi connectivity index (χ1v) is 7.97. The van der Waals surface area contributed by atoms with Crippen molar-refractivity contribution in [1.29, 1.82) is 0 Å². The van der Waals surface area contributed by atoms with Crippen molar-refractivity contribution in [3.05, 3.63) is 29.6 Å². The summed E-state index contributed by atoms with van der Waals surface area (Å²) in [5.41, 5.74) is 0.960. The van der Waals surface area contributed by atoms with Crippen molar-refractivity contribution in [1.82, 2.24) is 14.8 Å². The maximum absolute atomic E-state index is 13.7. The third kappa shape index (κ3) is 3.27. The SMILES string of the molecule is Cc1ccc(-c2nnc(S(N)(=O)=O)n2CC(C)C)cc1F. The van der Waals surface area contributed by atoms with Crippen LogP contribution in [0.5, 0.6) is 0 Å². The molecule has 114 valence electrons. The van der Waals surface area contributed by atoms with Gasteiger partial charge in [0.2, 0.25) is 0 Å². The van der Waals surface area contributed by atoms with Crippen molar-refractivity contribution in [2.24, 2.45) is 11.1 Å². The molecule has 0 spiro atoms. The maximum atomic E-state index is 13.7. The zero-order chi connectivity index (χ0) is 15.8. The normalized spacial score (nSPS) is 12.1. The maximum Gasteiger partial charge on any atom is 0.273 e. The van der Waals surface area contributed by atoms with Gasteiger partial charge in [0.05, 0.1) is 0 Å². The van der Waals surface area contributed by atoms with Crippen LogP contribution in [0, 0.1) is 18.7 Å². The van der Waals surface area contributed by atoms with E-state index >= 15 is 0 Å². The van der Waals surface area contributed by atoms with E-state index < -0.39 is 10.0 Å². The van der Waals surface area contributed by atoms with Crippen molar-refractivity contribution in [3.8, 4) is 11.4 Å². The summed E-state index contributed by atoms with van der Waals surface area (Å²) in [6.07, 6.45) is 0. The summed E-state index contributed by atoms with van der Waals surface area (Å²) < 4.78 is 38.3. The first kappa shape index (κ1) is 15.6. The van der Waals surface area contributed by atoms with Gasteiger partial charge in [0.1, 0.15) is 5.82 Å². The fourth-order valence-electron chi connectivity index (χ4n) is 1.97. The number of nitrogens with zero attached hydrogens (tertiary/aromatic N) is 3. The standard InChI is InChI=1S/C13H17FN4O2S/c1-8(2)7-18-12(16-17-13(18)21(15,19)20)10-5-4-9(3)11(14)6-10/h4-6,8H,7H2,1-3H3,(H2,15,19,20). The molecule has 0 radical (unpaired) electrons. The van der Waals surface area contributed by atoms with Crippen LogP contribution in [0.1, 0.15) is 19.4 Å². The Labute approximate surface area is 122 Å². The average molecular weight is 312 g/mol. The van der Waals surface area contributed by atoms with E-state index in [4.69, 9.17) is 5.14 Å². The van der Waals surface area contributed by atoms with Crippen LogP contribution in [0.25, 0.3) is 11.4 Å². The molecule has 0 saturated carbocycles. The summed E-state index contributed by atoms with van der Waals surface area (Å²) in [7, 11) is -3.99. The van der Waals surface area contributed by atoms with Crippen LogP contribution >= 0.6 is 0 Å². The van der Waals surface area contributed by atoms with E-state index in [0.29, 0.717) is 17.7 Å². The van der Waals surface area contributed by atoms with Crippen LogP contribution in [0.3, 0.4) is 0 Å². The van der Waals surface area contributed by atoms with Gasteiger partial charge in [0.25, 0.3) is 15.2 Å². The number of rotatable bonds is 4. The minimum absolute atomic E-state index is 0.149. The Bertz CT molecular complexity index is 768. The molecule has 2 N–H and O–H groups in total. The van der Waals surface area contributed by atoms with Gasteiger partial charge in [-0.25, -0.2) is 17.9 Å². The molecule has 0 amide bonds. The van der Waals surface area contributed by atoms with Gasteiger partial charge in [-0.2, -0.15) is 0 Å². The molecule has 0 atom stereocenters. The first-order valence-electron chi connectivity index (χ1n) is 6.42. The van der Waals surface area contributed by atoms with E-state index in [2.05, 4.69) is 10.2 Å². The molecule has 2 aromatic rings. The van der Waals surface area contributed by atoms with Crippen molar-refractivity contribution in [3.63, 3.8) is 0 Å². The lowest BCUT2D eigenvalue weighted by molar-refractivity contribution is 0.486. The Morgan fingerprint density at radius 2 is 2.00 bits per heavy atom. The topological polar surface area (TPSA) is 90.9 Å². The molecular formula is C13H17FN4O2S. The van der Waals surface area contributed by atoms with Gasteiger partial charge >= 0.3 is 0 Å². The van der Waals surface area contributed by atoms with Crippen molar-refractivity contribution in [2.45, 2.75) is 32.5 Å². The summed E-state index contributed by atoms with van der Waals surface area (Å²) in [6.45, 7) is 5.86. The van der Waals surface area contributed by atoms with E-state index in [0.717, 1.165) is 0 Å². The van der Waals surface area contributed by atoms with E-state index in [9.17, 15) is 12.8 Å². The number of aromatic nitrogens is 3. The Kier molecular flexibility index (Phi) is 4.11. The second-order valence-electron chi connectivity index (χ2n) is 5.32. The molecule has 2 rings (SSSR count). The summed E-state index contributed by atoms with van der Waals surface area (Å²) in [6, 6.07) is 4.59. The highest BCUT2D eigenvalue weighted by Gasteiger charge is 2.22. The largest absolute Gasteiger partial charge is 0.296 e. The number of halogens is 1. The Hall–Kier alpha value is -1.80. The van der Waals surface area contributed by atoms with Crippen LogP contribution in [0.15, 0.2) is 23.4 Å². The smallest absolute Gasteiger partial charge is 0.273 e. The van der Waals surface area contributed by atoms with Crippen LogP contribution in [0.4, 0.5) is 4.39 Å². The minimum Gasteiger partial charge on any atom is -0.296 e. The molecular weight excluding hydrogens is 295 g/mol. The van der Waals surface area contributed by atoms with E-state index in [1.807, 2.05) is 13.8 Å². The van der Waals surface area contributed by atoms with Crippen LogP contribution < -0.4 is 5.14 Å². The minimum atomic E-state index is -3.99. The number of aryl methyl sites for hydroxylation is 1. The second kappa shape index (κ2) is 5.53. The van der Waals surface area contributed by atoms with Gasteiger partial charge in [-0.1, -0.05) is 26.0 Å². The van der Waals surface area contributed by atoms with Crippen LogP contribution in [-0.2, 0) is 16.6 Å². The van der Waals surface area contributed by atoms with Gasteiger partial charge in [0, 0.05) is 12.1 Å². The zero-order valence-electron chi connectivity index (χ0n) is 12.0. The summed E-state index contributed by atoms with van der Waals surface area (Å²) in [4.78, 5) is 0. The average Bonchev–Trinajstić information content (AvgIpc) is 2.75. The molecule has 0 aliphatic rings. The van der Waals surface area contributed by atoms with E-state index in [1.165, 1.54) is 10.6 Å². The number of sulfonamides is 1. The molecule has 8 heteroatoms. The fourth-order valence-corrected chi connectivity index (χ4v) is 2.60. The van der Waals surface area contributed by atoms with Crippen LogP contribution in [-0.4, -0.2) is 23.2 Å². The van der Waals surface area contributed by atoms with Gasteiger partial charge in [0.15, 0.2) is 5.82 Å². The Morgan fingerprint density at radius 3 is 2.52 bits per heavy atom. The Balaban J connectivity index is 2.63. The molecule has 21 heavy (non-hydrogen) atoms. The lowest BCUT2D eigenvalue weighted by atomic mass is 10.1. The highest BCUT2D eigenvalue weighted by Crippen LogP contribution is 2.23. The summed E-state index contributed by atoms with van der Waals surface area (Å²) >= 11 is 0. The molecule has 0 bridgehead atoms. The van der Waals surface area contributed by atoms with Crippen molar-refractivity contribution in [2.75, 3.05) is 0 Å². The monoisotopic (exact) mass is 312 g/mol. The zero-order valence-corrected chi connectivity index (χ0v) is 12.9. The number of hydrogen-bond donors (Lipinski definition) is 1. The highest BCUT2D eigenvalue weighted by molar-refractivity contribution is 7.89. The predicted molar refractivity (Wildman–Crippen MR) is 76.4 cm³/mol. The van der Waals surface area contributed by atoms with Crippen molar-refractivity contribution < 1.29 is 12.8 Å². The molecule has 1 aromatic heterocycles. The third-order valence-electron chi connectivity index (χ3n) is 2.95. The lowest BCUT2D eigenvalue weighted by Crippen LogP contribution is -2.20. The number of benzene rings is 1. The molecule has 0 unspecified atom stereocenters. The van der Waals surface area contributed by atoms with Crippen LogP contribution in [0.2, 0.25) is 0 Å². The number of primary sulfonamides is 1. The van der Waals surface area contributed by atoms with E-state index in [-0.39, 0.29) is 22.7 Å². The third-order valence-corrected chi connectivity index (χ3v) is 3.76. The molecule has 6 nitrogen and oxygen atoms in total. The second-order valence-corrected chi connectivity index (χ2v) is 6.77. The Morgan fingerprint density at radius 1 is 1.33 bits per heavy atom. The molecule has 0 aliphatic carbocycles. The fraction of sp³-hybridized carbons (Fsp3) is 0.385. The summed E-state index contributed by atoms with van der Waals surface area (Å²) in [5, 5.41) is 12.4. The lowest BCUT2D eigenvalue weighted by Gasteiger charge is -2.12. The van der Waals surface area contributed by atoms with Gasteiger partial charge < -0.3 is 0 Å². The quantitative estimate of drug-likeness (QED) is 0.930. The predicted octanol–water partition coefficient (Wildman–Crippen LogP) is 1.70. The van der Waals surface area contributed by atoms with Gasteiger partial charge in [-0.05, 0) is 24.5 Å². The number of nitrogens with two attached hydrogens (primary N) is 1. The molecule has 1 aromatic carbocycles. The molecule has 0 aliphatic heterocycles. The summed E-state index contributed by atoms with van der Waals surface area (Å²) in [5.74, 6) is 0.0472. The highest BCUT2D eigenvalue weighted by atomic mass is 32.2. The van der Waals surface area contributed by atoms with Gasteiger partial charge in [-0.15, -0.1) is 10.2 Å². The van der Waals surface area contributed by atoms with Crippen molar-refractivity contribution >= 4 is 10.0 Å². The molecule has 0 saturated heterocycles. The van der Waals surface area contributed by atoms with E-state index in [1.54, 1.807) is 19.1 Å². The number of hydrogen-bond acceptors (Lipinski definition) is 4. The molecule has 0 fully saturated rings. The molecule has 1 heterocycles. The van der Waals surface area contributed by atoms with Gasteiger partial charge in [-0.3, -0.25) is 4.57 Å².